The molecule has 5 nitrogen and oxygen atoms in total. The molecule has 0 N–H and O–H groups in total. The Bertz CT molecular complexity index is 920. The van der Waals surface area contributed by atoms with Gasteiger partial charge in [0.2, 0.25) is 0 Å². The normalized spacial score (nSPS) is 11.4. The van der Waals surface area contributed by atoms with E-state index in [1.54, 1.807) is 11.3 Å². The predicted octanol–water partition coefficient (Wildman–Crippen LogP) is 5.61. The van der Waals surface area contributed by atoms with Crippen molar-refractivity contribution in [2.45, 2.75) is 13.8 Å². The third-order valence-electron chi connectivity index (χ3n) is 4.36. The Morgan fingerprint density at radius 3 is 2.48 bits per heavy atom. The minimum Gasteiger partial charge on any atom is -0.492 e. The molecular weight excluding hydrogens is 380 g/mol. The van der Waals surface area contributed by atoms with Crippen LogP contribution < -0.4 is 14.2 Å². The van der Waals surface area contributed by atoms with Crippen LogP contribution in [-0.2, 0) is 7.05 Å². The van der Waals surface area contributed by atoms with Crippen LogP contribution in [0.5, 0.6) is 5.75 Å². The first-order valence-electron chi connectivity index (χ1n) is 9.04. The molecule has 1 heterocycles. The molecule has 2 aromatic carbocycles. The van der Waals surface area contributed by atoms with Crippen molar-refractivity contribution in [1.29, 1.82) is 0 Å². The van der Waals surface area contributed by atoms with Gasteiger partial charge in [-0.3, -0.25) is 0 Å². The number of anilines is 1. The number of fused-ring (bicyclic) bond motifs is 1. The van der Waals surface area contributed by atoms with E-state index in [1.807, 2.05) is 41.9 Å². The molecule has 0 unspecified atom stereocenters. The standard InChI is InChI=1S/C20H24ClN4OS/c1-4-25(5-2)16-8-6-15(7-9-16)22-23-20-24(3)18-11-10-17(26-13-12-21)14-19(18)27-20/h6-11,14H,4-5,12-13H2,1-3H3/q+1. The molecule has 0 amide bonds. The molecule has 0 aliphatic heterocycles. The summed E-state index contributed by atoms with van der Waals surface area (Å²) >= 11 is 7.27. The summed E-state index contributed by atoms with van der Waals surface area (Å²) in [6.45, 7) is 6.80. The van der Waals surface area contributed by atoms with Crippen molar-refractivity contribution in [1.82, 2.24) is 0 Å². The van der Waals surface area contributed by atoms with Crippen molar-refractivity contribution in [2.24, 2.45) is 17.3 Å². The molecule has 0 atom stereocenters. The van der Waals surface area contributed by atoms with Gasteiger partial charge in [0.15, 0.2) is 0 Å². The number of alkyl halides is 1. The second-order valence-corrected chi connectivity index (χ2v) is 7.39. The number of aryl methyl sites for hydroxylation is 1. The van der Waals surface area contributed by atoms with E-state index in [2.05, 4.69) is 41.1 Å². The van der Waals surface area contributed by atoms with Gasteiger partial charge >= 0.3 is 5.13 Å². The molecule has 0 radical (unpaired) electrons. The number of benzene rings is 2. The lowest BCUT2D eigenvalue weighted by Gasteiger charge is -2.20. The van der Waals surface area contributed by atoms with Crippen molar-refractivity contribution in [3.63, 3.8) is 0 Å². The molecular formula is C20H24ClN4OS+. The molecule has 7 heteroatoms. The fourth-order valence-corrected chi connectivity index (χ4v) is 3.95. The van der Waals surface area contributed by atoms with Crippen LogP contribution in [0.3, 0.4) is 0 Å². The summed E-state index contributed by atoms with van der Waals surface area (Å²) in [6, 6.07) is 14.2. The van der Waals surface area contributed by atoms with E-state index in [1.165, 1.54) is 5.69 Å². The Hall–Kier alpha value is -2.18. The Morgan fingerprint density at radius 1 is 1.07 bits per heavy atom. The summed E-state index contributed by atoms with van der Waals surface area (Å²) in [7, 11) is 2.00. The molecule has 3 aromatic rings. The number of azo groups is 1. The first kappa shape index (κ1) is 19.6. The Balaban J connectivity index is 1.80. The summed E-state index contributed by atoms with van der Waals surface area (Å²) in [5, 5.41) is 9.70. The van der Waals surface area contributed by atoms with Crippen LogP contribution >= 0.6 is 22.9 Å². The molecule has 0 saturated heterocycles. The van der Waals surface area contributed by atoms with Crippen LogP contribution in [-0.4, -0.2) is 25.6 Å². The van der Waals surface area contributed by atoms with Crippen LogP contribution in [0.2, 0.25) is 0 Å². The van der Waals surface area contributed by atoms with Gasteiger partial charge in [0, 0.05) is 24.8 Å². The SMILES string of the molecule is CCN(CC)c1ccc(N=Nc2sc3cc(OCCCl)ccc3[n+]2C)cc1. The van der Waals surface area contributed by atoms with Crippen LogP contribution in [0.4, 0.5) is 16.5 Å². The van der Waals surface area contributed by atoms with Crippen LogP contribution in [0, 0.1) is 0 Å². The number of hydrogen-bond donors (Lipinski definition) is 0. The van der Waals surface area contributed by atoms with Crippen LogP contribution in [0.15, 0.2) is 52.7 Å². The van der Waals surface area contributed by atoms with Gasteiger partial charge in [-0.15, -0.1) is 11.6 Å². The van der Waals surface area contributed by atoms with E-state index in [0.717, 1.165) is 39.9 Å². The van der Waals surface area contributed by atoms with Gasteiger partial charge < -0.3 is 9.64 Å². The molecule has 1 aromatic heterocycles. The fourth-order valence-electron chi connectivity index (χ4n) is 2.88. The molecule has 0 spiro atoms. The van der Waals surface area contributed by atoms with E-state index < -0.39 is 0 Å². The molecule has 0 fully saturated rings. The van der Waals surface area contributed by atoms with Crippen molar-refractivity contribution in [2.75, 3.05) is 30.5 Å². The first-order chi connectivity index (χ1) is 13.2. The smallest absolute Gasteiger partial charge is 0.409 e. The largest absolute Gasteiger partial charge is 0.492 e. The van der Waals surface area contributed by atoms with E-state index in [-0.39, 0.29) is 0 Å². The maximum atomic E-state index is 5.69. The number of rotatable bonds is 8. The van der Waals surface area contributed by atoms with E-state index in [9.17, 15) is 0 Å². The van der Waals surface area contributed by atoms with Gasteiger partial charge in [0.25, 0.3) is 0 Å². The highest BCUT2D eigenvalue weighted by Gasteiger charge is 2.16. The van der Waals surface area contributed by atoms with Gasteiger partial charge in [-0.2, -0.15) is 0 Å². The summed E-state index contributed by atoms with van der Waals surface area (Å²) in [6.07, 6.45) is 0. The number of thiazole rings is 1. The van der Waals surface area contributed by atoms with Gasteiger partial charge in [-0.05, 0) is 66.7 Å². The first-order valence-corrected chi connectivity index (χ1v) is 10.4. The van der Waals surface area contributed by atoms with Gasteiger partial charge in [-0.1, -0.05) is 0 Å². The molecule has 3 rings (SSSR count). The monoisotopic (exact) mass is 403 g/mol. The quantitative estimate of drug-likeness (QED) is 0.279. The maximum Gasteiger partial charge on any atom is 0.409 e. The topological polar surface area (TPSA) is 41.1 Å². The van der Waals surface area contributed by atoms with Crippen LogP contribution in [0.25, 0.3) is 10.2 Å². The zero-order chi connectivity index (χ0) is 19.2. The summed E-state index contributed by atoms with van der Waals surface area (Å²) < 4.78 is 8.75. The fraction of sp³-hybridized carbons (Fsp3) is 0.350. The average Bonchev–Trinajstić information content (AvgIpc) is 3.02. The third kappa shape index (κ3) is 4.57. The zero-order valence-corrected chi connectivity index (χ0v) is 17.4. The Kier molecular flexibility index (Phi) is 6.63. The van der Waals surface area contributed by atoms with Crippen molar-refractivity contribution < 1.29 is 9.30 Å². The molecule has 0 aliphatic rings. The lowest BCUT2D eigenvalue weighted by Crippen LogP contribution is -2.25. The van der Waals surface area contributed by atoms with Gasteiger partial charge in [-0.25, -0.2) is 4.57 Å². The van der Waals surface area contributed by atoms with Crippen molar-refractivity contribution >= 4 is 49.7 Å². The summed E-state index contributed by atoms with van der Waals surface area (Å²) in [5.74, 6) is 1.29. The number of nitrogens with zero attached hydrogens (tertiary/aromatic N) is 4. The Labute approximate surface area is 168 Å². The predicted molar refractivity (Wildman–Crippen MR) is 113 cm³/mol. The minimum atomic E-state index is 0.475. The lowest BCUT2D eigenvalue weighted by atomic mass is 10.2. The number of hydrogen-bond acceptors (Lipinski definition) is 5. The highest BCUT2D eigenvalue weighted by atomic mass is 35.5. The minimum absolute atomic E-state index is 0.475. The van der Waals surface area contributed by atoms with E-state index in [0.29, 0.717) is 12.5 Å². The molecule has 0 saturated carbocycles. The van der Waals surface area contributed by atoms with E-state index >= 15 is 0 Å². The number of ether oxygens (including phenoxy) is 1. The van der Waals surface area contributed by atoms with E-state index in [4.69, 9.17) is 16.3 Å². The average molecular weight is 404 g/mol. The third-order valence-corrected chi connectivity index (χ3v) is 5.60. The van der Waals surface area contributed by atoms with Gasteiger partial charge in [0.1, 0.15) is 23.6 Å². The molecule has 0 bridgehead atoms. The summed E-state index contributed by atoms with van der Waals surface area (Å²) in [4.78, 5) is 2.30. The second-order valence-electron chi connectivity index (χ2n) is 6.00. The highest BCUT2D eigenvalue weighted by molar-refractivity contribution is 7.21. The highest BCUT2D eigenvalue weighted by Crippen LogP contribution is 2.30. The van der Waals surface area contributed by atoms with Crippen molar-refractivity contribution in [3.05, 3.63) is 42.5 Å². The Morgan fingerprint density at radius 2 is 1.81 bits per heavy atom. The molecule has 142 valence electrons. The number of aromatic nitrogens is 1. The van der Waals surface area contributed by atoms with Crippen molar-refractivity contribution in [3.8, 4) is 5.75 Å². The zero-order valence-electron chi connectivity index (χ0n) is 15.9. The lowest BCUT2D eigenvalue weighted by molar-refractivity contribution is -0.627. The maximum absolute atomic E-state index is 5.69. The van der Waals surface area contributed by atoms with Gasteiger partial charge in [0.05, 0.1) is 22.7 Å². The molecule has 27 heavy (non-hydrogen) atoms. The summed E-state index contributed by atoms with van der Waals surface area (Å²) in [5.41, 5.74) is 3.15. The number of halogens is 1. The van der Waals surface area contributed by atoms with Crippen LogP contribution in [0.1, 0.15) is 13.8 Å². The molecule has 0 aliphatic carbocycles. The second kappa shape index (κ2) is 9.15.